The quantitative estimate of drug-likeness (QED) is 0.743. The number of amides is 1. The van der Waals surface area contributed by atoms with Crippen molar-refractivity contribution in [1.29, 1.82) is 0 Å². The van der Waals surface area contributed by atoms with E-state index in [1.54, 1.807) is 14.2 Å². The molecule has 3 N–H and O–H groups in total. The zero-order valence-electron chi connectivity index (χ0n) is 15.0. The molecule has 1 amide bonds. The third-order valence-electron chi connectivity index (χ3n) is 4.08. The summed E-state index contributed by atoms with van der Waals surface area (Å²) in [6, 6.07) is 6.07. The molecular formula is C17H29Cl2N3O3. The van der Waals surface area contributed by atoms with Crippen LogP contribution in [0.4, 0.5) is 5.69 Å². The van der Waals surface area contributed by atoms with Crippen LogP contribution in [0, 0.1) is 0 Å². The van der Waals surface area contributed by atoms with Gasteiger partial charge in [-0.3, -0.25) is 4.79 Å². The monoisotopic (exact) mass is 393 g/mol. The highest BCUT2D eigenvalue weighted by molar-refractivity contribution is 5.85. The van der Waals surface area contributed by atoms with E-state index in [1.165, 1.54) is 0 Å². The van der Waals surface area contributed by atoms with Crippen LogP contribution in [0.3, 0.4) is 0 Å². The second-order valence-electron chi connectivity index (χ2n) is 6.09. The number of hydrogen-bond acceptors (Lipinski definition) is 5. The molecule has 1 fully saturated rings. The highest BCUT2D eigenvalue weighted by atomic mass is 35.5. The van der Waals surface area contributed by atoms with Crippen LogP contribution in [0.1, 0.15) is 26.2 Å². The zero-order chi connectivity index (χ0) is 16.8. The molecule has 0 aliphatic carbocycles. The molecule has 0 radical (unpaired) electrons. The van der Waals surface area contributed by atoms with E-state index < -0.39 is 0 Å². The van der Waals surface area contributed by atoms with Gasteiger partial charge in [-0.25, -0.2) is 0 Å². The molecule has 8 heteroatoms. The first-order valence-electron chi connectivity index (χ1n) is 8.04. The van der Waals surface area contributed by atoms with Crippen LogP contribution in [-0.4, -0.2) is 45.3 Å². The van der Waals surface area contributed by atoms with Gasteiger partial charge >= 0.3 is 0 Å². The van der Waals surface area contributed by atoms with E-state index in [1.807, 2.05) is 25.1 Å². The molecule has 0 bridgehead atoms. The Morgan fingerprint density at radius 1 is 1.28 bits per heavy atom. The number of nitrogens with two attached hydrogens (primary N) is 1. The first-order valence-corrected chi connectivity index (χ1v) is 8.04. The fraction of sp³-hybridized carbons (Fsp3) is 0.588. The molecule has 0 spiro atoms. The minimum Gasteiger partial charge on any atom is -0.497 e. The van der Waals surface area contributed by atoms with Gasteiger partial charge in [-0.2, -0.15) is 0 Å². The SMILES string of the molecule is COc1cc(OC)cc(N2CCC(NC(=O)CCC(C)N)C2)c1.Cl.Cl. The number of carbonyl (C=O) groups is 1. The Labute approximate surface area is 162 Å². The molecule has 1 aromatic carbocycles. The van der Waals surface area contributed by atoms with Crippen LogP contribution in [0.5, 0.6) is 11.5 Å². The molecule has 1 aliphatic rings. The van der Waals surface area contributed by atoms with Crippen LogP contribution < -0.4 is 25.4 Å². The summed E-state index contributed by atoms with van der Waals surface area (Å²) in [5.74, 6) is 1.62. The first kappa shape index (κ1) is 23.6. The first-order chi connectivity index (χ1) is 11.0. The largest absolute Gasteiger partial charge is 0.497 e. The smallest absolute Gasteiger partial charge is 0.220 e. The summed E-state index contributed by atoms with van der Waals surface area (Å²) >= 11 is 0. The van der Waals surface area contributed by atoms with Crippen molar-refractivity contribution in [2.24, 2.45) is 5.73 Å². The topological polar surface area (TPSA) is 76.8 Å². The van der Waals surface area contributed by atoms with Gasteiger partial charge in [0.1, 0.15) is 11.5 Å². The van der Waals surface area contributed by atoms with Crippen molar-refractivity contribution >= 4 is 36.4 Å². The molecule has 1 saturated heterocycles. The predicted molar refractivity (Wildman–Crippen MR) is 106 cm³/mol. The Morgan fingerprint density at radius 3 is 2.40 bits per heavy atom. The van der Waals surface area contributed by atoms with Crippen molar-refractivity contribution in [3.8, 4) is 11.5 Å². The molecule has 144 valence electrons. The zero-order valence-corrected chi connectivity index (χ0v) is 16.6. The van der Waals surface area contributed by atoms with Crippen molar-refractivity contribution in [2.45, 2.75) is 38.3 Å². The second kappa shape index (κ2) is 11.3. The molecule has 1 heterocycles. The standard InChI is InChI=1S/C17H27N3O3.2ClH/c1-12(18)4-5-17(21)19-13-6-7-20(11-13)14-8-15(22-2)10-16(9-14)23-3;;/h8-10,12-13H,4-7,11,18H2,1-3H3,(H,19,21);2*1H. The van der Waals surface area contributed by atoms with Gasteiger partial charge in [-0.15, -0.1) is 24.8 Å². The number of carbonyl (C=O) groups excluding carboxylic acids is 1. The highest BCUT2D eigenvalue weighted by Gasteiger charge is 2.24. The molecule has 2 unspecified atom stereocenters. The van der Waals surface area contributed by atoms with Gasteiger partial charge in [0.05, 0.1) is 14.2 Å². The molecule has 25 heavy (non-hydrogen) atoms. The van der Waals surface area contributed by atoms with E-state index in [-0.39, 0.29) is 42.8 Å². The average molecular weight is 394 g/mol. The summed E-state index contributed by atoms with van der Waals surface area (Å²) in [6.45, 7) is 3.61. The third-order valence-corrected chi connectivity index (χ3v) is 4.08. The van der Waals surface area contributed by atoms with Gasteiger partial charge in [0.25, 0.3) is 0 Å². The van der Waals surface area contributed by atoms with Crippen LogP contribution in [0.15, 0.2) is 18.2 Å². The van der Waals surface area contributed by atoms with Gasteiger partial charge in [0.15, 0.2) is 0 Å². The maximum absolute atomic E-state index is 11.9. The minimum atomic E-state index is 0. The Bertz CT molecular complexity index is 522. The highest BCUT2D eigenvalue weighted by Crippen LogP contribution is 2.30. The van der Waals surface area contributed by atoms with E-state index in [0.717, 1.165) is 43.1 Å². The number of halogens is 2. The Balaban J connectivity index is 0.00000288. The Morgan fingerprint density at radius 2 is 1.88 bits per heavy atom. The number of methoxy groups -OCH3 is 2. The maximum atomic E-state index is 11.9. The van der Waals surface area contributed by atoms with E-state index in [0.29, 0.717) is 6.42 Å². The summed E-state index contributed by atoms with van der Waals surface area (Å²) in [5, 5.41) is 3.09. The molecule has 0 saturated carbocycles. The lowest BCUT2D eigenvalue weighted by Crippen LogP contribution is -2.37. The number of hydrogen-bond donors (Lipinski definition) is 2. The van der Waals surface area contributed by atoms with Gasteiger partial charge < -0.3 is 25.4 Å². The summed E-state index contributed by atoms with van der Waals surface area (Å²) in [4.78, 5) is 14.2. The van der Waals surface area contributed by atoms with E-state index in [9.17, 15) is 4.79 Å². The molecule has 6 nitrogen and oxygen atoms in total. The number of benzene rings is 1. The molecule has 2 atom stereocenters. The van der Waals surface area contributed by atoms with Crippen molar-refractivity contribution < 1.29 is 14.3 Å². The van der Waals surface area contributed by atoms with E-state index >= 15 is 0 Å². The molecular weight excluding hydrogens is 365 g/mol. The van der Waals surface area contributed by atoms with Gasteiger partial charge in [0.2, 0.25) is 5.91 Å². The maximum Gasteiger partial charge on any atom is 0.220 e. The van der Waals surface area contributed by atoms with Gasteiger partial charge in [0, 0.05) is 55.5 Å². The lowest BCUT2D eigenvalue weighted by atomic mass is 10.2. The fourth-order valence-electron chi connectivity index (χ4n) is 2.75. The third kappa shape index (κ3) is 7.18. The summed E-state index contributed by atoms with van der Waals surface area (Å²) < 4.78 is 10.6. The van der Waals surface area contributed by atoms with Crippen LogP contribution in [0.25, 0.3) is 0 Å². The summed E-state index contributed by atoms with van der Waals surface area (Å²) in [7, 11) is 3.29. The number of nitrogens with zero attached hydrogens (tertiary/aromatic N) is 1. The Hall–Kier alpha value is -1.37. The predicted octanol–water partition coefficient (Wildman–Crippen LogP) is 2.37. The summed E-state index contributed by atoms with van der Waals surface area (Å²) in [5.41, 5.74) is 6.74. The van der Waals surface area contributed by atoms with Crippen molar-refractivity contribution in [1.82, 2.24) is 5.32 Å². The van der Waals surface area contributed by atoms with E-state index in [2.05, 4.69) is 10.2 Å². The molecule has 1 aliphatic heterocycles. The lowest BCUT2D eigenvalue weighted by Gasteiger charge is -2.20. The Kier molecular flexibility index (Phi) is 10.7. The number of ether oxygens (including phenoxy) is 2. The minimum absolute atomic E-state index is 0. The molecule has 2 rings (SSSR count). The van der Waals surface area contributed by atoms with Gasteiger partial charge in [-0.05, 0) is 19.8 Å². The number of anilines is 1. The van der Waals surface area contributed by atoms with Crippen LogP contribution in [0.2, 0.25) is 0 Å². The summed E-state index contributed by atoms with van der Waals surface area (Å²) in [6.07, 6.45) is 2.14. The lowest BCUT2D eigenvalue weighted by molar-refractivity contribution is -0.121. The average Bonchev–Trinajstić information content (AvgIpc) is 3.00. The van der Waals surface area contributed by atoms with E-state index in [4.69, 9.17) is 15.2 Å². The van der Waals surface area contributed by atoms with Crippen molar-refractivity contribution in [3.05, 3.63) is 18.2 Å². The van der Waals surface area contributed by atoms with Crippen molar-refractivity contribution in [3.63, 3.8) is 0 Å². The molecule has 0 aromatic heterocycles. The molecule has 1 aromatic rings. The normalized spacial score (nSPS) is 17.1. The van der Waals surface area contributed by atoms with Crippen molar-refractivity contribution in [2.75, 3.05) is 32.2 Å². The van der Waals surface area contributed by atoms with Crippen LogP contribution >= 0.6 is 24.8 Å². The number of rotatable bonds is 7. The fourth-order valence-corrected chi connectivity index (χ4v) is 2.75. The second-order valence-corrected chi connectivity index (χ2v) is 6.09. The van der Waals surface area contributed by atoms with Crippen LogP contribution in [-0.2, 0) is 4.79 Å². The van der Waals surface area contributed by atoms with Gasteiger partial charge in [-0.1, -0.05) is 0 Å². The number of nitrogens with one attached hydrogen (secondary N) is 1.